The average molecular weight is 1060 g/mol. The van der Waals surface area contributed by atoms with Crippen molar-refractivity contribution in [2.24, 2.45) is 0 Å². The fraction of sp³-hybridized carbons (Fsp3) is 0.729. The Kier molecular flexibility index (Phi) is 60.8. The summed E-state index contributed by atoms with van der Waals surface area (Å²) in [4.78, 5) is 38.3. The minimum atomic E-state index is -0.787. The van der Waals surface area contributed by atoms with Crippen molar-refractivity contribution in [3.05, 3.63) is 97.2 Å². The van der Waals surface area contributed by atoms with Crippen LogP contribution in [0.3, 0.4) is 0 Å². The van der Waals surface area contributed by atoms with Crippen LogP contribution in [0.25, 0.3) is 0 Å². The molecule has 0 amide bonds. The molecule has 6 heteroatoms. The highest BCUT2D eigenvalue weighted by molar-refractivity contribution is 5.71. The Bertz CT molecular complexity index is 1490. The van der Waals surface area contributed by atoms with Crippen LogP contribution < -0.4 is 0 Å². The van der Waals surface area contributed by atoms with Crippen LogP contribution in [0, 0.1) is 0 Å². The van der Waals surface area contributed by atoms with Crippen LogP contribution in [0.5, 0.6) is 0 Å². The molecule has 0 saturated carbocycles. The lowest BCUT2D eigenvalue weighted by Gasteiger charge is -2.18. The maximum absolute atomic E-state index is 12.9. The Morgan fingerprint density at radius 3 is 0.842 bits per heavy atom. The number of carbonyl (C=O) groups is 3. The number of ether oxygens (including phenoxy) is 3. The fourth-order valence-electron chi connectivity index (χ4n) is 8.97. The van der Waals surface area contributed by atoms with Crippen molar-refractivity contribution in [2.75, 3.05) is 13.2 Å². The molecular formula is C70H120O6. The van der Waals surface area contributed by atoms with E-state index in [1.54, 1.807) is 0 Å². The van der Waals surface area contributed by atoms with Gasteiger partial charge in [-0.3, -0.25) is 14.4 Å². The molecule has 0 aromatic heterocycles. The lowest BCUT2D eigenvalue weighted by molar-refractivity contribution is -0.167. The first-order valence-electron chi connectivity index (χ1n) is 32.2. The van der Waals surface area contributed by atoms with Gasteiger partial charge in [0.05, 0.1) is 0 Å². The van der Waals surface area contributed by atoms with E-state index in [0.717, 1.165) is 109 Å². The Balaban J connectivity index is 4.32. The minimum Gasteiger partial charge on any atom is -0.462 e. The van der Waals surface area contributed by atoms with Gasteiger partial charge in [0.2, 0.25) is 0 Å². The molecule has 0 saturated heterocycles. The van der Waals surface area contributed by atoms with Gasteiger partial charge in [-0.05, 0) is 122 Å². The van der Waals surface area contributed by atoms with Crippen LogP contribution in [0.15, 0.2) is 97.2 Å². The summed E-state index contributed by atoms with van der Waals surface area (Å²) in [5.41, 5.74) is 0. The summed E-state index contributed by atoms with van der Waals surface area (Å²) in [6.07, 6.45) is 85.5. The minimum absolute atomic E-state index is 0.0839. The van der Waals surface area contributed by atoms with Crippen molar-refractivity contribution in [1.82, 2.24) is 0 Å². The molecule has 0 bridgehead atoms. The van der Waals surface area contributed by atoms with Gasteiger partial charge in [-0.1, -0.05) is 266 Å². The van der Waals surface area contributed by atoms with Gasteiger partial charge in [0, 0.05) is 19.3 Å². The van der Waals surface area contributed by atoms with E-state index >= 15 is 0 Å². The van der Waals surface area contributed by atoms with E-state index in [4.69, 9.17) is 14.2 Å². The number of hydrogen-bond donors (Lipinski definition) is 0. The highest BCUT2D eigenvalue weighted by atomic mass is 16.6. The van der Waals surface area contributed by atoms with Crippen molar-refractivity contribution >= 4 is 17.9 Å². The van der Waals surface area contributed by atoms with Crippen LogP contribution in [0.1, 0.15) is 310 Å². The van der Waals surface area contributed by atoms with Gasteiger partial charge in [0.1, 0.15) is 13.2 Å². The van der Waals surface area contributed by atoms with Gasteiger partial charge < -0.3 is 14.2 Å². The van der Waals surface area contributed by atoms with Gasteiger partial charge in [-0.2, -0.15) is 0 Å². The topological polar surface area (TPSA) is 78.9 Å². The number of rotatable bonds is 58. The first-order chi connectivity index (χ1) is 37.5. The van der Waals surface area contributed by atoms with Gasteiger partial charge >= 0.3 is 17.9 Å². The molecule has 0 aliphatic rings. The van der Waals surface area contributed by atoms with E-state index in [0.29, 0.717) is 19.3 Å². The third kappa shape index (κ3) is 61.2. The van der Waals surface area contributed by atoms with E-state index in [9.17, 15) is 14.4 Å². The van der Waals surface area contributed by atoms with Crippen molar-refractivity contribution < 1.29 is 28.6 Å². The second kappa shape index (κ2) is 63.9. The summed E-state index contributed by atoms with van der Waals surface area (Å²) in [6, 6.07) is 0. The standard InChI is InChI=1S/C70H120O6/c1-4-7-10-13-16-19-22-25-28-30-31-32-33-34-35-36-37-38-39-41-42-45-48-51-54-57-60-63-69(72)75-66-67(65-74-68(71)62-59-56-53-50-47-44-27-24-21-18-15-12-9-6-3)76-70(73)64-61-58-55-52-49-46-43-40-29-26-23-20-17-14-11-8-5-2/h7,10,16-17,19-20,24-29,31-32,34-35,67H,4-6,8-9,11-15,18,21-23,30,33,36-66H2,1-3H3/b10-7-,19-16-,20-17-,27-24-,28-25-,29-26-,32-31-,35-34-. The van der Waals surface area contributed by atoms with Gasteiger partial charge in [0.15, 0.2) is 6.10 Å². The molecule has 0 aliphatic heterocycles. The first-order valence-corrected chi connectivity index (χ1v) is 32.2. The Hall–Kier alpha value is -3.67. The zero-order valence-electron chi connectivity index (χ0n) is 50.0. The molecule has 436 valence electrons. The predicted octanol–water partition coefficient (Wildman–Crippen LogP) is 22.0. The van der Waals surface area contributed by atoms with Crippen LogP contribution in [-0.2, 0) is 28.6 Å². The summed E-state index contributed by atoms with van der Waals surface area (Å²) in [7, 11) is 0. The first kappa shape index (κ1) is 72.3. The van der Waals surface area contributed by atoms with Gasteiger partial charge in [-0.25, -0.2) is 0 Å². The zero-order valence-corrected chi connectivity index (χ0v) is 50.0. The number of hydrogen-bond acceptors (Lipinski definition) is 6. The molecule has 0 aromatic rings. The lowest BCUT2D eigenvalue weighted by Crippen LogP contribution is -2.30. The normalized spacial score (nSPS) is 12.7. The second-order valence-corrected chi connectivity index (χ2v) is 21.3. The van der Waals surface area contributed by atoms with Crippen molar-refractivity contribution in [2.45, 2.75) is 316 Å². The number of esters is 3. The largest absolute Gasteiger partial charge is 0.462 e. The maximum Gasteiger partial charge on any atom is 0.306 e. The highest BCUT2D eigenvalue weighted by Gasteiger charge is 2.19. The quantitative estimate of drug-likeness (QED) is 0.0261. The van der Waals surface area contributed by atoms with Crippen LogP contribution in [0.2, 0.25) is 0 Å². The number of carbonyl (C=O) groups excluding carboxylic acids is 3. The van der Waals surface area contributed by atoms with Crippen LogP contribution >= 0.6 is 0 Å². The van der Waals surface area contributed by atoms with Crippen molar-refractivity contribution in [3.8, 4) is 0 Å². The molecule has 1 atom stereocenters. The maximum atomic E-state index is 12.9. The zero-order chi connectivity index (χ0) is 55.0. The molecule has 0 aromatic carbocycles. The molecule has 0 aliphatic carbocycles. The molecule has 0 radical (unpaired) electrons. The molecule has 0 heterocycles. The summed E-state index contributed by atoms with van der Waals surface area (Å²) < 4.78 is 16.9. The van der Waals surface area contributed by atoms with E-state index < -0.39 is 6.10 Å². The molecular weight excluding hydrogens is 937 g/mol. The van der Waals surface area contributed by atoms with Crippen LogP contribution in [-0.4, -0.2) is 37.2 Å². The van der Waals surface area contributed by atoms with E-state index in [1.165, 1.54) is 161 Å². The molecule has 0 N–H and O–H groups in total. The number of unbranched alkanes of at least 4 members (excludes halogenated alkanes) is 31. The molecule has 1 unspecified atom stereocenters. The fourth-order valence-corrected chi connectivity index (χ4v) is 8.97. The molecule has 0 spiro atoms. The Morgan fingerprint density at radius 1 is 0.276 bits per heavy atom. The second-order valence-electron chi connectivity index (χ2n) is 21.3. The third-order valence-corrected chi connectivity index (χ3v) is 13.8. The molecule has 6 nitrogen and oxygen atoms in total. The lowest BCUT2D eigenvalue weighted by atomic mass is 10.0. The number of allylic oxidation sites excluding steroid dienone is 16. The van der Waals surface area contributed by atoms with Crippen molar-refractivity contribution in [3.63, 3.8) is 0 Å². The molecule has 0 fully saturated rings. The van der Waals surface area contributed by atoms with E-state index in [1.807, 2.05) is 0 Å². The smallest absolute Gasteiger partial charge is 0.306 e. The van der Waals surface area contributed by atoms with E-state index in [2.05, 4.69) is 118 Å². The summed E-state index contributed by atoms with van der Waals surface area (Å²) >= 11 is 0. The monoisotopic (exact) mass is 1060 g/mol. The highest BCUT2D eigenvalue weighted by Crippen LogP contribution is 2.16. The van der Waals surface area contributed by atoms with E-state index in [-0.39, 0.29) is 31.1 Å². The summed E-state index contributed by atoms with van der Waals surface area (Å²) in [5.74, 6) is -0.893. The Labute approximate surface area is 470 Å². The average Bonchev–Trinajstić information content (AvgIpc) is 3.42. The predicted molar refractivity (Wildman–Crippen MR) is 330 cm³/mol. The summed E-state index contributed by atoms with van der Waals surface area (Å²) in [6.45, 7) is 6.50. The van der Waals surface area contributed by atoms with Crippen molar-refractivity contribution in [1.29, 1.82) is 0 Å². The van der Waals surface area contributed by atoms with Crippen LogP contribution in [0.4, 0.5) is 0 Å². The molecule has 0 rings (SSSR count). The molecule has 76 heavy (non-hydrogen) atoms. The van der Waals surface area contributed by atoms with Gasteiger partial charge in [0.25, 0.3) is 0 Å². The SMILES string of the molecule is CC/C=C\C/C=C\C/C=C\C/C=C\C/C=C\CCCCCCCCCCCCCC(=O)OCC(COC(=O)CCCCCCC/C=C\CCCCCCC)OC(=O)CCCCCCCCC/C=C\C/C=C\CCCCC. The Morgan fingerprint density at radius 2 is 0.513 bits per heavy atom. The summed E-state index contributed by atoms with van der Waals surface area (Å²) in [5, 5.41) is 0. The third-order valence-electron chi connectivity index (χ3n) is 13.8. The van der Waals surface area contributed by atoms with Gasteiger partial charge in [-0.15, -0.1) is 0 Å².